The van der Waals surface area contributed by atoms with Gasteiger partial charge in [0.15, 0.2) is 0 Å². The highest BCUT2D eigenvalue weighted by atomic mass is 127. The molecule has 0 aromatic heterocycles. The molecule has 1 rings (SSSR count). The second-order valence-corrected chi connectivity index (χ2v) is 4.23. The van der Waals surface area contributed by atoms with Crippen LogP contribution < -0.4 is 0 Å². The molecule has 0 saturated carbocycles. The van der Waals surface area contributed by atoms with Crippen LogP contribution in [-0.4, -0.2) is 23.9 Å². The Morgan fingerprint density at radius 2 is 2.00 bits per heavy atom. The zero-order valence-corrected chi connectivity index (χ0v) is 10.6. The van der Waals surface area contributed by atoms with Gasteiger partial charge >= 0.3 is 0 Å². The van der Waals surface area contributed by atoms with Crippen LogP contribution >= 0.6 is 22.6 Å². The van der Waals surface area contributed by atoms with Crippen molar-refractivity contribution in [2.24, 2.45) is 0 Å². The molecular formula is C11H14INO. The maximum Gasteiger partial charge on any atom is 0.253 e. The van der Waals surface area contributed by atoms with Crippen LogP contribution in [0.15, 0.2) is 24.3 Å². The Labute approximate surface area is 98.4 Å². The first-order chi connectivity index (χ1) is 6.69. The molecule has 1 aromatic rings. The van der Waals surface area contributed by atoms with E-state index in [2.05, 4.69) is 22.6 Å². The summed E-state index contributed by atoms with van der Waals surface area (Å²) in [6.45, 7) is 5.52. The van der Waals surface area contributed by atoms with Gasteiger partial charge in [-0.2, -0.15) is 0 Å². The van der Waals surface area contributed by atoms with E-state index in [1.54, 1.807) is 0 Å². The maximum atomic E-state index is 11.9. The van der Waals surface area contributed by atoms with Crippen molar-refractivity contribution in [3.63, 3.8) is 0 Å². The molecule has 0 spiro atoms. The third-order valence-corrected chi connectivity index (χ3v) is 2.79. The van der Waals surface area contributed by atoms with E-state index >= 15 is 0 Å². The Balaban J connectivity index is 2.88. The molecule has 0 radical (unpaired) electrons. The average molecular weight is 303 g/mol. The highest BCUT2D eigenvalue weighted by Gasteiger charge is 2.11. The number of rotatable bonds is 3. The molecule has 76 valence electrons. The average Bonchev–Trinajstić information content (AvgIpc) is 2.19. The van der Waals surface area contributed by atoms with Crippen molar-refractivity contribution in [3.8, 4) is 0 Å². The van der Waals surface area contributed by atoms with Crippen LogP contribution in [0.4, 0.5) is 0 Å². The summed E-state index contributed by atoms with van der Waals surface area (Å²) in [5.74, 6) is 0.119. The van der Waals surface area contributed by atoms with Crippen LogP contribution in [0.1, 0.15) is 24.2 Å². The van der Waals surface area contributed by atoms with Crippen molar-refractivity contribution in [2.75, 3.05) is 13.1 Å². The van der Waals surface area contributed by atoms with Crippen molar-refractivity contribution >= 4 is 28.5 Å². The summed E-state index contributed by atoms with van der Waals surface area (Å²) in [4.78, 5) is 13.7. The summed E-state index contributed by atoms with van der Waals surface area (Å²) in [5.41, 5.74) is 0.778. The van der Waals surface area contributed by atoms with Crippen molar-refractivity contribution in [1.29, 1.82) is 0 Å². The fourth-order valence-corrected chi connectivity index (χ4v) is 1.86. The SMILES string of the molecule is CCN(CC)C(=O)c1cccc(I)c1. The molecule has 0 aliphatic heterocycles. The largest absolute Gasteiger partial charge is 0.339 e. The number of carbonyl (C=O) groups is 1. The molecule has 0 bridgehead atoms. The van der Waals surface area contributed by atoms with E-state index in [1.807, 2.05) is 43.0 Å². The monoisotopic (exact) mass is 303 g/mol. The fourth-order valence-electron chi connectivity index (χ4n) is 1.31. The summed E-state index contributed by atoms with van der Waals surface area (Å²) in [7, 11) is 0. The Hall–Kier alpha value is -0.580. The van der Waals surface area contributed by atoms with Crippen molar-refractivity contribution < 1.29 is 4.79 Å². The third-order valence-electron chi connectivity index (χ3n) is 2.12. The number of hydrogen-bond acceptors (Lipinski definition) is 1. The highest BCUT2D eigenvalue weighted by molar-refractivity contribution is 14.1. The van der Waals surface area contributed by atoms with Gasteiger partial charge in [-0.15, -0.1) is 0 Å². The van der Waals surface area contributed by atoms with Gasteiger partial charge in [-0.1, -0.05) is 6.07 Å². The molecule has 0 N–H and O–H groups in total. The number of carbonyl (C=O) groups excluding carboxylic acids is 1. The molecule has 0 unspecified atom stereocenters. The molecule has 0 aliphatic carbocycles. The summed E-state index contributed by atoms with van der Waals surface area (Å²) in [6.07, 6.45) is 0. The van der Waals surface area contributed by atoms with Gasteiger partial charge in [-0.25, -0.2) is 0 Å². The van der Waals surface area contributed by atoms with Gasteiger partial charge in [-0.3, -0.25) is 4.79 Å². The van der Waals surface area contributed by atoms with Crippen LogP contribution in [-0.2, 0) is 0 Å². The first kappa shape index (κ1) is 11.5. The van der Waals surface area contributed by atoms with Gasteiger partial charge in [0.25, 0.3) is 5.91 Å². The minimum absolute atomic E-state index is 0.119. The summed E-state index contributed by atoms with van der Waals surface area (Å²) in [5, 5.41) is 0. The van der Waals surface area contributed by atoms with Gasteiger partial charge in [0.2, 0.25) is 0 Å². The Morgan fingerprint density at radius 3 is 2.50 bits per heavy atom. The lowest BCUT2D eigenvalue weighted by atomic mass is 10.2. The fraction of sp³-hybridized carbons (Fsp3) is 0.364. The van der Waals surface area contributed by atoms with E-state index in [4.69, 9.17) is 0 Å². The Bertz CT molecular complexity index is 321. The number of halogens is 1. The van der Waals surface area contributed by atoms with Crippen LogP contribution in [0, 0.1) is 3.57 Å². The lowest BCUT2D eigenvalue weighted by Crippen LogP contribution is -2.30. The van der Waals surface area contributed by atoms with Crippen molar-refractivity contribution in [2.45, 2.75) is 13.8 Å². The molecule has 1 amide bonds. The molecular weight excluding hydrogens is 289 g/mol. The van der Waals surface area contributed by atoms with Gasteiger partial charge in [-0.05, 0) is 54.6 Å². The van der Waals surface area contributed by atoms with E-state index in [1.165, 1.54) is 0 Å². The van der Waals surface area contributed by atoms with Gasteiger partial charge in [0.05, 0.1) is 0 Å². The highest BCUT2D eigenvalue weighted by Crippen LogP contribution is 2.10. The predicted octanol–water partition coefficient (Wildman–Crippen LogP) is 2.77. The van der Waals surface area contributed by atoms with Gasteiger partial charge in [0, 0.05) is 22.2 Å². The van der Waals surface area contributed by atoms with E-state index in [9.17, 15) is 4.79 Å². The van der Waals surface area contributed by atoms with E-state index in [0.29, 0.717) is 0 Å². The Morgan fingerprint density at radius 1 is 1.36 bits per heavy atom. The van der Waals surface area contributed by atoms with Crippen LogP contribution in [0.5, 0.6) is 0 Å². The molecule has 14 heavy (non-hydrogen) atoms. The van der Waals surface area contributed by atoms with Crippen LogP contribution in [0.3, 0.4) is 0 Å². The lowest BCUT2D eigenvalue weighted by molar-refractivity contribution is 0.0773. The lowest BCUT2D eigenvalue weighted by Gasteiger charge is -2.18. The van der Waals surface area contributed by atoms with Crippen molar-refractivity contribution in [3.05, 3.63) is 33.4 Å². The molecule has 0 saturated heterocycles. The van der Waals surface area contributed by atoms with Crippen molar-refractivity contribution in [1.82, 2.24) is 4.90 Å². The molecule has 2 nitrogen and oxygen atoms in total. The van der Waals surface area contributed by atoms with E-state index in [0.717, 1.165) is 22.2 Å². The van der Waals surface area contributed by atoms with E-state index < -0.39 is 0 Å². The zero-order chi connectivity index (χ0) is 10.6. The third kappa shape index (κ3) is 2.70. The first-order valence-corrected chi connectivity index (χ1v) is 5.81. The molecule has 0 fully saturated rings. The normalized spacial score (nSPS) is 9.93. The second-order valence-electron chi connectivity index (χ2n) is 2.99. The zero-order valence-electron chi connectivity index (χ0n) is 8.46. The quantitative estimate of drug-likeness (QED) is 0.786. The standard InChI is InChI=1S/C11H14INO/c1-3-13(4-2)11(14)9-6-5-7-10(12)8-9/h5-8H,3-4H2,1-2H3. The topological polar surface area (TPSA) is 20.3 Å². The maximum absolute atomic E-state index is 11.9. The summed E-state index contributed by atoms with van der Waals surface area (Å²) < 4.78 is 1.10. The molecule has 0 heterocycles. The Kier molecular flexibility index (Phi) is 4.38. The number of benzene rings is 1. The van der Waals surface area contributed by atoms with Gasteiger partial charge in [0.1, 0.15) is 0 Å². The van der Waals surface area contributed by atoms with Crippen LogP contribution in [0.25, 0.3) is 0 Å². The number of amides is 1. The minimum atomic E-state index is 0.119. The second kappa shape index (κ2) is 5.34. The van der Waals surface area contributed by atoms with Crippen LogP contribution in [0.2, 0.25) is 0 Å². The van der Waals surface area contributed by atoms with Gasteiger partial charge < -0.3 is 4.90 Å². The summed E-state index contributed by atoms with van der Waals surface area (Å²) in [6, 6.07) is 7.68. The predicted molar refractivity (Wildman–Crippen MR) is 66.4 cm³/mol. The molecule has 0 aliphatic rings. The molecule has 3 heteroatoms. The number of hydrogen-bond donors (Lipinski definition) is 0. The minimum Gasteiger partial charge on any atom is -0.339 e. The summed E-state index contributed by atoms with van der Waals surface area (Å²) >= 11 is 2.22. The first-order valence-electron chi connectivity index (χ1n) is 4.73. The smallest absolute Gasteiger partial charge is 0.253 e. The van der Waals surface area contributed by atoms with E-state index in [-0.39, 0.29) is 5.91 Å². The molecule has 1 aromatic carbocycles. The molecule has 0 atom stereocenters. The number of nitrogens with zero attached hydrogens (tertiary/aromatic N) is 1.